The second kappa shape index (κ2) is 18.0. The molecule has 0 aromatic heterocycles. The third-order valence-corrected chi connectivity index (χ3v) is 3.14. The Morgan fingerprint density at radius 1 is 1.26 bits per heavy atom. The van der Waals surface area contributed by atoms with Crippen LogP contribution in [0.1, 0.15) is 31.9 Å². The first-order valence-electron chi connectivity index (χ1n) is 7.34. The van der Waals surface area contributed by atoms with Crippen molar-refractivity contribution in [3.05, 3.63) is 41.6 Å². The number of benzene rings is 1. The summed E-state index contributed by atoms with van der Waals surface area (Å²) >= 11 is 2.22. The van der Waals surface area contributed by atoms with Crippen molar-refractivity contribution < 1.29 is 33.2 Å². The van der Waals surface area contributed by atoms with E-state index in [9.17, 15) is 9.90 Å². The van der Waals surface area contributed by atoms with Crippen LogP contribution < -0.4 is 0 Å². The van der Waals surface area contributed by atoms with E-state index in [-0.39, 0.29) is 6.61 Å². The number of hydrogen-bond donors (Lipinski definition) is 2. The smallest absolute Gasteiger partial charge is 0.0650 e. The topological polar surface area (TPSA) is 84.6 Å². The Hall–Kier alpha value is -0.318. The van der Waals surface area contributed by atoms with E-state index in [4.69, 9.17) is 10.8 Å². The molecule has 0 aliphatic carbocycles. The number of nitrogens with one attached hydrogen (secondary N) is 1. The molecule has 1 aromatic carbocycles. The Morgan fingerprint density at radius 2 is 1.78 bits per heavy atom. The van der Waals surface area contributed by atoms with Gasteiger partial charge in [-0.2, -0.15) is 0 Å². The first-order valence-corrected chi connectivity index (χ1v) is 9.35. The summed E-state index contributed by atoms with van der Waals surface area (Å²) < 4.78 is 0. The number of halogens is 1. The summed E-state index contributed by atoms with van der Waals surface area (Å²) in [4.78, 5) is 12.0. The maximum atomic E-state index is 9.79. The molecule has 0 aliphatic rings. The second-order valence-electron chi connectivity index (χ2n) is 4.57. The molecular weight excluding hydrogens is 410 g/mol. The van der Waals surface area contributed by atoms with Crippen LogP contribution >= 0.6 is 9.53 Å². The molecule has 0 bridgehead atoms. The molecule has 136 valence electrons. The molecule has 3 N–H and O–H groups in total. The van der Waals surface area contributed by atoms with Crippen molar-refractivity contribution in [3.63, 3.8) is 0 Å². The van der Waals surface area contributed by atoms with Gasteiger partial charge >= 0.3 is 27.7 Å². The monoisotopic (exact) mass is 435 g/mol. The Balaban J connectivity index is 0. The normalized spacial score (nSPS) is 12.4. The fourth-order valence-electron chi connectivity index (χ4n) is 1.73. The predicted molar refractivity (Wildman–Crippen MR) is 90.5 cm³/mol. The maximum absolute atomic E-state index is 9.79. The van der Waals surface area contributed by atoms with Crippen molar-refractivity contribution in [3.8, 4) is 0 Å². The third kappa shape index (κ3) is 12.7. The zero-order valence-corrected chi connectivity index (χ0v) is 15.8. The number of aliphatic hydroxyl groups excluding tert-OH is 2. The number of carbonyl (C=O) groups excluding carboxylic acids is 1. The van der Waals surface area contributed by atoms with Crippen molar-refractivity contribution in [2.24, 2.45) is 0 Å². The molecule has 0 heterocycles. The SMILES string of the molecule is CCN(CC)CC[C-]=O.[Cl][Pd+].[NH-]C(CO)C(O)c1ccccc1. The second-order valence-corrected chi connectivity index (χ2v) is 4.57. The standard InChI is InChI=1S/C9H12NO2.C7H14NO.ClH.Pd/c10-8(6-11)9(12)7-4-2-1-3-5-7;1-3-8(4-2)6-5-7-9;;/h1-5,8-12H,6H2;3-6H2,1-2H3;1H;/q2*-1;;+2/p-1. The van der Waals surface area contributed by atoms with Crippen molar-refractivity contribution in [1.29, 1.82) is 0 Å². The molecule has 0 radical (unpaired) electrons. The molecular formula is C16H26ClN2O3Pd-. The van der Waals surface area contributed by atoms with Crippen LogP contribution in [0.2, 0.25) is 0 Å². The first kappa shape index (κ1) is 24.9. The molecule has 1 rings (SSSR count). The van der Waals surface area contributed by atoms with Gasteiger partial charge in [0.1, 0.15) is 0 Å². The van der Waals surface area contributed by atoms with Crippen LogP contribution in [0.4, 0.5) is 0 Å². The number of hydrogen-bond acceptors (Lipinski definition) is 4. The average molecular weight is 436 g/mol. The van der Waals surface area contributed by atoms with Gasteiger partial charge in [-0.25, -0.2) is 0 Å². The van der Waals surface area contributed by atoms with Crippen LogP contribution in [0.5, 0.6) is 0 Å². The van der Waals surface area contributed by atoms with Gasteiger partial charge in [0.15, 0.2) is 0 Å². The van der Waals surface area contributed by atoms with Crippen LogP contribution in [0, 0.1) is 0 Å². The van der Waals surface area contributed by atoms with Crippen LogP contribution in [-0.2, 0) is 23.0 Å². The van der Waals surface area contributed by atoms with E-state index in [1.54, 1.807) is 24.3 Å². The minimum atomic E-state index is -0.892. The molecule has 2 atom stereocenters. The molecule has 1 aromatic rings. The van der Waals surface area contributed by atoms with Crippen molar-refractivity contribution in [2.75, 3.05) is 26.2 Å². The molecule has 0 fully saturated rings. The minimum Gasteiger partial charge on any atom is -0.670 e. The summed E-state index contributed by atoms with van der Waals surface area (Å²) in [5.74, 6) is 0. The zero-order chi connectivity index (χ0) is 18.1. The van der Waals surface area contributed by atoms with Gasteiger partial charge < -0.3 is 25.6 Å². The molecule has 0 saturated carbocycles. The quantitative estimate of drug-likeness (QED) is 0.485. The summed E-state index contributed by atoms with van der Waals surface area (Å²) in [7, 11) is 4.49. The van der Waals surface area contributed by atoms with Gasteiger partial charge in [0.05, 0.1) is 6.10 Å². The molecule has 0 amide bonds. The Morgan fingerprint density at radius 3 is 2.17 bits per heavy atom. The minimum absolute atomic E-state index is 0.323. The molecule has 2 unspecified atom stereocenters. The Labute approximate surface area is 154 Å². The van der Waals surface area contributed by atoms with Crippen LogP contribution in [0.25, 0.3) is 5.73 Å². The van der Waals surface area contributed by atoms with E-state index in [2.05, 4.69) is 46.5 Å². The van der Waals surface area contributed by atoms with E-state index in [0.717, 1.165) is 19.6 Å². The van der Waals surface area contributed by atoms with Crippen LogP contribution in [0.3, 0.4) is 0 Å². The largest absolute Gasteiger partial charge is 0.670 e. The van der Waals surface area contributed by atoms with Crippen LogP contribution in [0.15, 0.2) is 30.3 Å². The first-order chi connectivity index (χ1) is 11.1. The fraction of sp³-hybridized carbons (Fsp3) is 0.562. The fourth-order valence-corrected chi connectivity index (χ4v) is 1.73. The number of nitrogens with zero attached hydrogens (tertiary/aromatic N) is 1. The maximum Gasteiger partial charge on any atom is 0.0650 e. The van der Waals surface area contributed by atoms with Crippen molar-refractivity contribution >= 4 is 15.8 Å². The zero-order valence-electron chi connectivity index (χ0n) is 13.5. The Bertz CT molecular complexity index is 368. The van der Waals surface area contributed by atoms with Gasteiger partial charge in [-0.1, -0.05) is 50.2 Å². The van der Waals surface area contributed by atoms with Gasteiger partial charge in [-0.15, -0.1) is 6.42 Å². The molecule has 0 saturated heterocycles. The van der Waals surface area contributed by atoms with E-state index in [1.807, 2.05) is 12.4 Å². The summed E-state index contributed by atoms with van der Waals surface area (Å²) in [5, 5.41) is 18.1. The van der Waals surface area contributed by atoms with Gasteiger partial charge in [0, 0.05) is 6.61 Å². The van der Waals surface area contributed by atoms with Crippen LogP contribution in [-0.4, -0.2) is 53.7 Å². The summed E-state index contributed by atoms with van der Waals surface area (Å²) in [5.41, 5.74) is 7.94. The summed E-state index contributed by atoms with van der Waals surface area (Å²) in [6.07, 6.45) is 1.53. The van der Waals surface area contributed by atoms with Gasteiger partial charge in [-0.05, 0) is 25.2 Å². The van der Waals surface area contributed by atoms with Crippen molar-refractivity contribution in [2.45, 2.75) is 32.4 Å². The van der Waals surface area contributed by atoms with E-state index >= 15 is 0 Å². The van der Waals surface area contributed by atoms with E-state index in [1.165, 1.54) is 0 Å². The summed E-state index contributed by atoms with van der Waals surface area (Å²) in [6, 6.07) is 8.05. The predicted octanol–water partition coefficient (Wildman–Crippen LogP) is 2.65. The number of rotatable bonds is 8. The molecule has 7 heteroatoms. The van der Waals surface area contributed by atoms with E-state index in [0.29, 0.717) is 12.0 Å². The number of aliphatic hydroxyl groups is 2. The van der Waals surface area contributed by atoms with Gasteiger partial charge in [0.25, 0.3) is 0 Å². The van der Waals surface area contributed by atoms with Crippen molar-refractivity contribution in [1.82, 2.24) is 4.90 Å². The third-order valence-electron chi connectivity index (χ3n) is 3.14. The van der Waals surface area contributed by atoms with Gasteiger partial charge in [-0.3, -0.25) is 6.29 Å². The molecule has 5 nitrogen and oxygen atoms in total. The Kier molecular flexibility index (Phi) is 19.5. The molecule has 0 aliphatic heterocycles. The molecule has 23 heavy (non-hydrogen) atoms. The molecule has 0 spiro atoms. The average Bonchev–Trinajstić information content (AvgIpc) is 2.64. The van der Waals surface area contributed by atoms with E-state index < -0.39 is 12.1 Å². The van der Waals surface area contributed by atoms with Gasteiger partial charge in [0.2, 0.25) is 0 Å². The summed E-state index contributed by atoms with van der Waals surface area (Å²) in [6.45, 7) is 6.77.